The second-order valence-electron chi connectivity index (χ2n) is 8.24. The number of hydrogen-bond acceptors (Lipinski definition) is 9. The summed E-state index contributed by atoms with van der Waals surface area (Å²) in [6.07, 6.45) is 3.78. The van der Waals surface area contributed by atoms with Crippen molar-refractivity contribution in [1.29, 1.82) is 0 Å². The Bertz CT molecular complexity index is 1630. The second-order valence-corrected chi connectivity index (χ2v) is 11.3. The molecule has 0 radical (unpaired) electrons. The van der Waals surface area contributed by atoms with Crippen molar-refractivity contribution in [3.63, 3.8) is 0 Å². The Balaban J connectivity index is 1.37. The summed E-state index contributed by atoms with van der Waals surface area (Å²) in [7, 11) is -2.02. The predicted molar refractivity (Wildman–Crippen MR) is 144 cm³/mol. The Kier molecular flexibility index (Phi) is 7.02. The van der Waals surface area contributed by atoms with Gasteiger partial charge in [0.15, 0.2) is 15.6 Å². The highest BCUT2D eigenvalue weighted by Crippen LogP contribution is 2.33. The Hall–Kier alpha value is -4.02. The van der Waals surface area contributed by atoms with Crippen LogP contribution in [0.4, 0.5) is 11.7 Å². The van der Waals surface area contributed by atoms with Gasteiger partial charge in [0.05, 0.1) is 46.5 Å². The molecule has 0 fully saturated rings. The number of hydrogen-bond donors (Lipinski definition) is 1. The van der Waals surface area contributed by atoms with Crippen molar-refractivity contribution in [2.75, 3.05) is 18.2 Å². The van der Waals surface area contributed by atoms with E-state index in [0.717, 1.165) is 27.4 Å². The molecule has 0 aliphatic heterocycles. The number of oxazole rings is 1. The highest BCUT2D eigenvalue weighted by molar-refractivity contribution is 7.91. The van der Waals surface area contributed by atoms with Gasteiger partial charge in [0.25, 0.3) is 6.01 Å². The summed E-state index contributed by atoms with van der Waals surface area (Å²) >= 11 is 1.46. The third-order valence-corrected chi connectivity index (χ3v) is 8.54. The fourth-order valence-corrected chi connectivity index (χ4v) is 6.03. The molecule has 3 heterocycles. The van der Waals surface area contributed by atoms with Crippen LogP contribution in [0.5, 0.6) is 5.75 Å². The average Bonchev–Trinajstić information content (AvgIpc) is 3.57. The average molecular weight is 533 g/mol. The van der Waals surface area contributed by atoms with E-state index in [1.54, 1.807) is 36.1 Å². The lowest BCUT2D eigenvalue weighted by atomic mass is 10.1. The minimum Gasteiger partial charge on any atom is -0.495 e. The first-order chi connectivity index (χ1) is 17.9. The van der Waals surface area contributed by atoms with E-state index in [-0.39, 0.29) is 16.7 Å². The maximum Gasteiger partial charge on any atom is 0.299 e. The summed E-state index contributed by atoms with van der Waals surface area (Å²) in [4.78, 5) is 14.1. The number of nitrogens with one attached hydrogen (secondary N) is 1. The first-order valence-electron chi connectivity index (χ1n) is 11.5. The molecule has 188 valence electrons. The molecule has 0 amide bonds. The Morgan fingerprint density at radius 3 is 2.62 bits per heavy atom. The quantitative estimate of drug-likeness (QED) is 0.249. The number of benzene rings is 2. The zero-order valence-corrected chi connectivity index (χ0v) is 21.8. The van der Waals surface area contributed by atoms with E-state index in [4.69, 9.17) is 9.15 Å². The number of rotatable bonds is 9. The molecule has 0 bridgehead atoms. The van der Waals surface area contributed by atoms with E-state index < -0.39 is 9.84 Å². The van der Waals surface area contributed by atoms with Crippen molar-refractivity contribution in [3.8, 4) is 28.3 Å². The minimum atomic E-state index is -3.54. The van der Waals surface area contributed by atoms with Crippen molar-refractivity contribution in [2.24, 2.45) is 0 Å². The fraction of sp³-hybridized carbons (Fsp3) is 0.148. The topological polar surface area (TPSA) is 107 Å². The summed E-state index contributed by atoms with van der Waals surface area (Å²) in [5.74, 6) is 1.01. The van der Waals surface area contributed by atoms with E-state index in [1.165, 1.54) is 18.4 Å². The smallest absolute Gasteiger partial charge is 0.299 e. The molecule has 0 aliphatic rings. The number of nitrogens with zero attached hydrogens (tertiary/aromatic N) is 3. The SMILES string of the molecule is COc1ccc(S(=O)(=O)CCc2scnc2C)cc1Nc1ncc(-c2cccc(-c3ccccn3)c2)o1. The molecule has 0 unspecified atom stereocenters. The standard InChI is InChI=1S/C27H24N4O4S2/c1-18-26(36-17-30-18)11-13-37(32,33)21-9-10-24(34-2)23(15-21)31-27-29-16-25(35-27)20-7-5-6-19(14-20)22-8-3-4-12-28-22/h3-10,12,14-17H,11,13H2,1-2H3,(H,29,31). The predicted octanol–water partition coefficient (Wildman–Crippen LogP) is 5.94. The van der Waals surface area contributed by atoms with Crippen LogP contribution in [-0.2, 0) is 16.3 Å². The van der Waals surface area contributed by atoms with Gasteiger partial charge in [-0.05, 0) is 49.7 Å². The lowest BCUT2D eigenvalue weighted by Crippen LogP contribution is -2.10. The Morgan fingerprint density at radius 2 is 1.86 bits per heavy atom. The summed E-state index contributed by atoms with van der Waals surface area (Å²) in [6, 6.07) is 18.5. The second kappa shape index (κ2) is 10.5. The molecule has 0 atom stereocenters. The number of anilines is 2. The van der Waals surface area contributed by atoms with Gasteiger partial charge in [0.1, 0.15) is 5.75 Å². The molecular weight excluding hydrogens is 508 g/mol. The summed E-state index contributed by atoms with van der Waals surface area (Å²) < 4.78 is 37.5. The van der Waals surface area contributed by atoms with Gasteiger partial charge in [0.2, 0.25) is 0 Å². The van der Waals surface area contributed by atoms with Gasteiger partial charge in [-0.1, -0.05) is 24.3 Å². The van der Waals surface area contributed by atoms with E-state index in [1.807, 2.05) is 49.4 Å². The lowest BCUT2D eigenvalue weighted by Gasteiger charge is -2.11. The molecule has 0 saturated carbocycles. The summed E-state index contributed by atoms with van der Waals surface area (Å²) in [5.41, 5.74) is 5.68. The van der Waals surface area contributed by atoms with Gasteiger partial charge in [0, 0.05) is 22.2 Å². The largest absolute Gasteiger partial charge is 0.495 e. The normalized spacial score (nSPS) is 11.4. The van der Waals surface area contributed by atoms with Crippen molar-refractivity contribution in [3.05, 3.63) is 89.1 Å². The first kappa shape index (κ1) is 24.7. The van der Waals surface area contributed by atoms with E-state index in [2.05, 4.69) is 20.3 Å². The van der Waals surface area contributed by atoms with Crippen molar-refractivity contribution >= 4 is 32.9 Å². The van der Waals surface area contributed by atoms with Crippen LogP contribution in [0.3, 0.4) is 0 Å². The number of sulfone groups is 1. The van der Waals surface area contributed by atoms with Crippen LogP contribution in [0.1, 0.15) is 10.6 Å². The number of ether oxygens (including phenoxy) is 1. The lowest BCUT2D eigenvalue weighted by molar-refractivity contribution is 0.416. The van der Waals surface area contributed by atoms with Gasteiger partial charge >= 0.3 is 0 Å². The minimum absolute atomic E-state index is 0.0163. The number of aryl methyl sites for hydroxylation is 2. The summed E-state index contributed by atoms with van der Waals surface area (Å²) in [5, 5.41) is 3.06. The fourth-order valence-electron chi connectivity index (χ4n) is 3.84. The molecule has 5 rings (SSSR count). The van der Waals surface area contributed by atoms with Gasteiger partial charge in [-0.3, -0.25) is 4.98 Å². The van der Waals surface area contributed by atoms with Gasteiger partial charge in [-0.2, -0.15) is 0 Å². The van der Waals surface area contributed by atoms with Crippen LogP contribution < -0.4 is 10.1 Å². The molecule has 0 spiro atoms. The molecule has 2 aromatic carbocycles. The van der Waals surface area contributed by atoms with Gasteiger partial charge in [-0.15, -0.1) is 11.3 Å². The molecule has 37 heavy (non-hydrogen) atoms. The van der Waals surface area contributed by atoms with Crippen molar-refractivity contribution in [1.82, 2.24) is 15.0 Å². The molecule has 1 N–H and O–H groups in total. The molecular formula is C27H24N4O4S2. The van der Waals surface area contributed by atoms with Crippen LogP contribution in [0.15, 0.2) is 87.9 Å². The molecule has 0 saturated heterocycles. The van der Waals surface area contributed by atoms with Crippen molar-refractivity contribution < 1.29 is 17.6 Å². The monoisotopic (exact) mass is 532 g/mol. The van der Waals surface area contributed by atoms with Crippen LogP contribution in [0.2, 0.25) is 0 Å². The molecule has 10 heteroatoms. The highest BCUT2D eigenvalue weighted by atomic mass is 32.2. The molecule has 3 aromatic heterocycles. The summed E-state index contributed by atoms with van der Waals surface area (Å²) in [6.45, 7) is 1.88. The number of methoxy groups -OCH3 is 1. The van der Waals surface area contributed by atoms with Crippen LogP contribution in [0, 0.1) is 6.92 Å². The number of pyridine rings is 1. The molecule has 0 aliphatic carbocycles. The first-order valence-corrected chi connectivity index (χ1v) is 14.0. The highest BCUT2D eigenvalue weighted by Gasteiger charge is 2.19. The van der Waals surface area contributed by atoms with Crippen molar-refractivity contribution in [2.45, 2.75) is 18.2 Å². The third-order valence-electron chi connectivity index (χ3n) is 5.83. The van der Waals surface area contributed by atoms with Crippen LogP contribution in [0.25, 0.3) is 22.6 Å². The molecule has 8 nitrogen and oxygen atoms in total. The number of thiazole rings is 1. The van der Waals surface area contributed by atoms with E-state index in [9.17, 15) is 8.42 Å². The van der Waals surface area contributed by atoms with Gasteiger partial charge < -0.3 is 14.5 Å². The third kappa shape index (κ3) is 5.55. The zero-order valence-electron chi connectivity index (χ0n) is 20.2. The van der Waals surface area contributed by atoms with E-state index >= 15 is 0 Å². The van der Waals surface area contributed by atoms with Gasteiger partial charge in [-0.25, -0.2) is 18.4 Å². The van der Waals surface area contributed by atoms with Crippen LogP contribution in [-0.4, -0.2) is 36.2 Å². The Labute approximate surface area is 219 Å². The number of aromatic nitrogens is 3. The van der Waals surface area contributed by atoms with Crippen LogP contribution >= 0.6 is 11.3 Å². The maximum absolute atomic E-state index is 13.1. The Morgan fingerprint density at radius 1 is 1.00 bits per heavy atom. The molecule has 5 aromatic rings. The van der Waals surface area contributed by atoms with E-state index in [0.29, 0.717) is 23.6 Å². The zero-order chi connectivity index (χ0) is 25.8. The maximum atomic E-state index is 13.1.